The molecular weight excluding hydrogens is 290 g/mol. The first-order valence-electron chi connectivity index (χ1n) is 6.63. The first-order valence-corrected chi connectivity index (χ1v) is 7.01. The second-order valence-corrected chi connectivity index (χ2v) is 5.17. The fourth-order valence-corrected chi connectivity index (χ4v) is 2.56. The van der Waals surface area contributed by atoms with Crippen molar-refractivity contribution in [2.75, 3.05) is 26.1 Å². The van der Waals surface area contributed by atoms with Crippen molar-refractivity contribution in [2.45, 2.75) is 6.10 Å². The van der Waals surface area contributed by atoms with Crippen LogP contribution in [0, 0.1) is 0 Å². The van der Waals surface area contributed by atoms with Crippen LogP contribution in [0.1, 0.15) is 11.7 Å². The number of hydrogen-bond acceptors (Lipinski definition) is 4. The van der Waals surface area contributed by atoms with E-state index in [9.17, 15) is 0 Å². The lowest BCUT2D eigenvalue weighted by atomic mass is 10.1. The summed E-state index contributed by atoms with van der Waals surface area (Å²) in [6.07, 6.45) is -0.166. The molecular formula is C16H16ClNO3. The van der Waals surface area contributed by atoms with Crippen LogP contribution in [-0.4, -0.2) is 20.8 Å². The molecule has 0 saturated heterocycles. The fraction of sp³-hybridized carbons (Fsp3) is 0.250. The molecule has 0 amide bonds. The second-order valence-electron chi connectivity index (χ2n) is 4.74. The molecule has 1 unspecified atom stereocenters. The molecule has 0 radical (unpaired) electrons. The zero-order valence-electron chi connectivity index (χ0n) is 11.9. The number of anilines is 1. The van der Waals surface area contributed by atoms with Gasteiger partial charge in [0, 0.05) is 16.7 Å². The highest BCUT2D eigenvalue weighted by Crippen LogP contribution is 2.39. The molecule has 0 spiro atoms. The second kappa shape index (κ2) is 5.74. The summed E-state index contributed by atoms with van der Waals surface area (Å²) in [5.74, 6) is 2.28. The van der Waals surface area contributed by atoms with E-state index >= 15 is 0 Å². The number of nitrogens with one attached hydrogen (secondary N) is 1. The van der Waals surface area contributed by atoms with E-state index in [0.717, 1.165) is 28.5 Å². The van der Waals surface area contributed by atoms with Gasteiger partial charge in [-0.2, -0.15) is 0 Å². The lowest BCUT2D eigenvalue weighted by Crippen LogP contribution is -2.24. The van der Waals surface area contributed by atoms with Crippen LogP contribution in [0.4, 0.5) is 5.69 Å². The summed E-state index contributed by atoms with van der Waals surface area (Å²) < 4.78 is 16.8. The number of methoxy groups -OCH3 is 2. The van der Waals surface area contributed by atoms with Crippen LogP contribution < -0.4 is 19.5 Å². The van der Waals surface area contributed by atoms with Crippen molar-refractivity contribution in [3.8, 4) is 17.2 Å². The minimum atomic E-state index is -0.166. The van der Waals surface area contributed by atoms with E-state index in [1.165, 1.54) is 0 Å². The number of hydrogen-bond donors (Lipinski definition) is 1. The molecule has 0 aliphatic carbocycles. The molecule has 2 aromatic rings. The predicted octanol–water partition coefficient (Wildman–Crippen LogP) is 3.90. The number of halogens is 1. The lowest BCUT2D eigenvalue weighted by Gasteiger charge is -2.28. The average Bonchev–Trinajstić information content (AvgIpc) is 2.53. The monoisotopic (exact) mass is 305 g/mol. The normalized spacial score (nSPS) is 16.4. The molecule has 0 aromatic heterocycles. The van der Waals surface area contributed by atoms with Crippen LogP contribution in [0.15, 0.2) is 36.4 Å². The Balaban J connectivity index is 1.95. The van der Waals surface area contributed by atoms with E-state index in [0.29, 0.717) is 11.6 Å². The van der Waals surface area contributed by atoms with Gasteiger partial charge in [0.05, 0.1) is 26.5 Å². The first-order chi connectivity index (χ1) is 10.2. The van der Waals surface area contributed by atoms with Gasteiger partial charge in [-0.3, -0.25) is 0 Å². The zero-order valence-corrected chi connectivity index (χ0v) is 12.6. The lowest BCUT2D eigenvalue weighted by molar-refractivity contribution is 0.205. The molecule has 0 bridgehead atoms. The van der Waals surface area contributed by atoms with E-state index in [1.807, 2.05) is 36.4 Å². The van der Waals surface area contributed by atoms with Gasteiger partial charge >= 0.3 is 0 Å². The van der Waals surface area contributed by atoms with Crippen LogP contribution in [0.3, 0.4) is 0 Å². The van der Waals surface area contributed by atoms with E-state index < -0.39 is 0 Å². The number of ether oxygens (including phenoxy) is 3. The van der Waals surface area contributed by atoms with Crippen molar-refractivity contribution in [3.63, 3.8) is 0 Å². The maximum absolute atomic E-state index is 6.06. The van der Waals surface area contributed by atoms with Crippen molar-refractivity contribution in [2.24, 2.45) is 0 Å². The van der Waals surface area contributed by atoms with Crippen LogP contribution in [0.2, 0.25) is 5.02 Å². The number of rotatable bonds is 3. The Hall–Kier alpha value is -2.07. The minimum Gasteiger partial charge on any atom is -0.497 e. The average molecular weight is 306 g/mol. The summed E-state index contributed by atoms with van der Waals surface area (Å²) in [7, 11) is 3.28. The highest BCUT2D eigenvalue weighted by molar-refractivity contribution is 6.30. The van der Waals surface area contributed by atoms with Crippen molar-refractivity contribution in [1.29, 1.82) is 0 Å². The summed E-state index contributed by atoms with van der Waals surface area (Å²) >= 11 is 6.02. The number of fused-ring (bicyclic) bond motifs is 1. The smallest absolute Gasteiger partial charge is 0.145 e. The highest BCUT2D eigenvalue weighted by Gasteiger charge is 2.24. The molecule has 21 heavy (non-hydrogen) atoms. The van der Waals surface area contributed by atoms with Gasteiger partial charge in [-0.15, -0.1) is 0 Å². The van der Waals surface area contributed by atoms with E-state index in [2.05, 4.69) is 5.32 Å². The SMILES string of the molecule is COc1ccc(OC)c(C2CNc3ccc(Cl)cc3O2)c1. The highest BCUT2D eigenvalue weighted by atomic mass is 35.5. The van der Waals surface area contributed by atoms with E-state index in [1.54, 1.807) is 14.2 Å². The molecule has 1 aliphatic rings. The third kappa shape index (κ3) is 2.72. The largest absolute Gasteiger partial charge is 0.497 e. The van der Waals surface area contributed by atoms with Crippen LogP contribution in [-0.2, 0) is 0 Å². The van der Waals surface area contributed by atoms with Crippen molar-refractivity contribution >= 4 is 17.3 Å². The summed E-state index contributed by atoms with van der Waals surface area (Å²) in [5, 5.41) is 3.99. The van der Waals surface area contributed by atoms with Gasteiger partial charge in [-0.25, -0.2) is 0 Å². The molecule has 4 nitrogen and oxygen atoms in total. The maximum atomic E-state index is 6.06. The quantitative estimate of drug-likeness (QED) is 0.933. The Labute approximate surface area is 128 Å². The Morgan fingerprint density at radius 3 is 2.76 bits per heavy atom. The molecule has 1 aliphatic heterocycles. The van der Waals surface area contributed by atoms with Crippen molar-refractivity contribution in [1.82, 2.24) is 0 Å². The third-order valence-corrected chi connectivity index (χ3v) is 3.71. The van der Waals surface area contributed by atoms with E-state index in [4.69, 9.17) is 25.8 Å². The molecule has 1 heterocycles. The Bertz CT molecular complexity index is 660. The van der Waals surface area contributed by atoms with Gasteiger partial charge in [0.25, 0.3) is 0 Å². The molecule has 0 saturated carbocycles. The van der Waals surface area contributed by atoms with Crippen LogP contribution in [0.25, 0.3) is 0 Å². The van der Waals surface area contributed by atoms with Gasteiger partial charge in [-0.1, -0.05) is 11.6 Å². The Kier molecular flexibility index (Phi) is 3.80. The fourth-order valence-electron chi connectivity index (χ4n) is 2.40. The molecule has 0 fully saturated rings. The summed E-state index contributed by atoms with van der Waals surface area (Å²) in [5.41, 5.74) is 1.88. The zero-order chi connectivity index (χ0) is 14.8. The van der Waals surface area contributed by atoms with Crippen LogP contribution in [0.5, 0.6) is 17.2 Å². The Morgan fingerprint density at radius 1 is 1.14 bits per heavy atom. The molecule has 1 atom stereocenters. The van der Waals surface area contributed by atoms with Crippen molar-refractivity contribution in [3.05, 3.63) is 47.0 Å². The van der Waals surface area contributed by atoms with Gasteiger partial charge in [0.1, 0.15) is 23.4 Å². The molecule has 110 valence electrons. The number of benzene rings is 2. The van der Waals surface area contributed by atoms with Gasteiger partial charge < -0.3 is 19.5 Å². The summed E-state index contributed by atoms with van der Waals surface area (Å²) in [6, 6.07) is 11.2. The molecule has 3 rings (SSSR count). The molecule has 5 heteroatoms. The Morgan fingerprint density at radius 2 is 2.00 bits per heavy atom. The van der Waals surface area contributed by atoms with Gasteiger partial charge in [0.15, 0.2) is 0 Å². The summed E-state index contributed by atoms with van der Waals surface area (Å²) in [6.45, 7) is 0.651. The summed E-state index contributed by atoms with van der Waals surface area (Å²) in [4.78, 5) is 0. The van der Waals surface area contributed by atoms with E-state index in [-0.39, 0.29) is 6.10 Å². The van der Waals surface area contributed by atoms with Gasteiger partial charge in [0.2, 0.25) is 0 Å². The topological polar surface area (TPSA) is 39.7 Å². The third-order valence-electron chi connectivity index (χ3n) is 3.47. The van der Waals surface area contributed by atoms with Crippen LogP contribution >= 0.6 is 11.6 Å². The maximum Gasteiger partial charge on any atom is 0.145 e. The first kappa shape index (κ1) is 13.9. The standard InChI is InChI=1S/C16H16ClNO3/c1-19-11-4-6-14(20-2)12(8-11)16-9-18-13-5-3-10(17)7-15(13)21-16/h3-8,16,18H,9H2,1-2H3. The predicted molar refractivity (Wildman–Crippen MR) is 82.9 cm³/mol. The minimum absolute atomic E-state index is 0.166. The van der Waals surface area contributed by atoms with Gasteiger partial charge in [-0.05, 0) is 30.3 Å². The van der Waals surface area contributed by atoms with Crippen molar-refractivity contribution < 1.29 is 14.2 Å². The molecule has 2 aromatic carbocycles. The molecule has 1 N–H and O–H groups in total.